The van der Waals surface area contributed by atoms with Gasteiger partial charge >= 0.3 is 12.1 Å². The Hall–Kier alpha value is -3.76. The molecule has 8 N–H and O–H groups in total. The van der Waals surface area contributed by atoms with Gasteiger partial charge in [0.1, 0.15) is 9.79 Å². The minimum Gasteiger partial charge on any atom is -0.437 e. The van der Waals surface area contributed by atoms with Crippen LogP contribution in [0.15, 0.2) is 40.1 Å². The third-order valence-corrected chi connectivity index (χ3v) is 9.56. The van der Waals surface area contributed by atoms with Crippen LogP contribution >= 0.6 is 11.3 Å². The Balaban J connectivity index is 1.59. The number of primary sulfonamides is 1. The lowest BCUT2D eigenvalue weighted by molar-refractivity contribution is -0.222. The second kappa shape index (κ2) is 9.66. The molecule has 0 atom stereocenters. The van der Waals surface area contributed by atoms with E-state index in [1.54, 1.807) is 18.2 Å². The van der Waals surface area contributed by atoms with Crippen molar-refractivity contribution >= 4 is 52.7 Å². The Bertz CT molecular complexity index is 1890. The molecule has 41 heavy (non-hydrogen) atoms. The van der Waals surface area contributed by atoms with Crippen LogP contribution in [-0.2, 0) is 29.6 Å². The summed E-state index contributed by atoms with van der Waals surface area (Å²) in [6, 6.07) is 6.13. The van der Waals surface area contributed by atoms with E-state index in [2.05, 4.69) is 35.1 Å². The number of esters is 1. The van der Waals surface area contributed by atoms with Crippen molar-refractivity contribution in [2.75, 3.05) is 5.73 Å². The van der Waals surface area contributed by atoms with Gasteiger partial charge in [0, 0.05) is 24.4 Å². The summed E-state index contributed by atoms with van der Waals surface area (Å²) in [5.41, 5.74) is 9.96. The molecule has 0 spiro atoms. The first-order valence-electron chi connectivity index (χ1n) is 11.2. The number of thiazole rings is 1. The zero-order chi connectivity index (χ0) is 30.0. The number of anilines is 1. The zero-order valence-corrected chi connectivity index (χ0v) is 22.7. The van der Waals surface area contributed by atoms with Gasteiger partial charge in [-0.2, -0.15) is 18.4 Å². The molecule has 1 aliphatic carbocycles. The first-order chi connectivity index (χ1) is 19.0. The van der Waals surface area contributed by atoms with E-state index in [1.165, 1.54) is 17.4 Å². The summed E-state index contributed by atoms with van der Waals surface area (Å²) in [4.78, 5) is 13.7. The summed E-state index contributed by atoms with van der Waals surface area (Å²) in [7, 11) is -9.57. The predicted octanol–water partition coefficient (Wildman–Crippen LogP) is 0.574. The SMILES string of the molecule is Nc1nc2c(-c3ccc(S(=O)(=O)NC4CC(N)(OC(=O)C(F)(F)F)C4)c(S(N)(=O)=O)c3-c3nn[nH]n3)cccc2s1. The van der Waals surface area contributed by atoms with E-state index in [9.17, 15) is 34.8 Å². The highest BCUT2D eigenvalue weighted by atomic mass is 32.2. The van der Waals surface area contributed by atoms with Crippen molar-refractivity contribution in [2.45, 2.75) is 40.6 Å². The van der Waals surface area contributed by atoms with E-state index < -0.39 is 66.6 Å². The van der Waals surface area contributed by atoms with E-state index in [0.717, 1.165) is 6.07 Å². The summed E-state index contributed by atoms with van der Waals surface area (Å²) in [5, 5.41) is 19.0. The van der Waals surface area contributed by atoms with E-state index in [-0.39, 0.29) is 22.1 Å². The molecule has 0 unspecified atom stereocenters. The molecule has 0 amide bonds. The number of aromatic amines is 1. The number of nitrogens with two attached hydrogens (primary N) is 3. The maximum Gasteiger partial charge on any atom is 0.490 e. The van der Waals surface area contributed by atoms with E-state index in [1.807, 2.05) is 0 Å². The smallest absolute Gasteiger partial charge is 0.437 e. The summed E-state index contributed by atoms with van der Waals surface area (Å²) < 4.78 is 97.4. The molecule has 1 fully saturated rings. The Morgan fingerprint density at radius 3 is 2.46 bits per heavy atom. The second-order valence-corrected chi connectivity index (χ2v) is 13.2. The molecule has 0 bridgehead atoms. The lowest BCUT2D eigenvalue weighted by Gasteiger charge is -2.43. The number of rotatable bonds is 7. The third-order valence-electron chi connectivity index (χ3n) is 6.02. The first-order valence-corrected chi connectivity index (χ1v) is 15.0. The molecule has 0 radical (unpaired) electrons. The predicted molar refractivity (Wildman–Crippen MR) is 136 cm³/mol. The molecule has 2 aromatic heterocycles. The van der Waals surface area contributed by atoms with Crippen molar-refractivity contribution in [3.8, 4) is 22.5 Å². The van der Waals surface area contributed by atoms with Gasteiger partial charge in [-0.3, -0.25) is 5.73 Å². The van der Waals surface area contributed by atoms with Crippen molar-refractivity contribution in [1.82, 2.24) is 30.3 Å². The molecular weight excluding hydrogens is 615 g/mol. The number of fused-ring (bicyclic) bond motifs is 1. The van der Waals surface area contributed by atoms with E-state index >= 15 is 0 Å². The highest BCUT2D eigenvalue weighted by Gasteiger charge is 2.51. The van der Waals surface area contributed by atoms with Crippen molar-refractivity contribution < 1.29 is 39.5 Å². The number of carbonyl (C=O) groups excluding carboxylic acids is 1. The van der Waals surface area contributed by atoms with Gasteiger partial charge in [-0.25, -0.2) is 36.5 Å². The molecule has 4 aromatic rings. The van der Waals surface area contributed by atoms with Gasteiger partial charge in [0.05, 0.1) is 15.8 Å². The number of carbonyl (C=O) groups is 1. The summed E-state index contributed by atoms with van der Waals surface area (Å²) in [6.07, 6.45) is -6.35. The number of H-pyrrole nitrogens is 1. The third kappa shape index (κ3) is 5.46. The van der Waals surface area contributed by atoms with Crippen LogP contribution in [0.1, 0.15) is 12.8 Å². The topological polar surface area (TPSA) is 252 Å². The molecule has 0 aliphatic heterocycles. The fourth-order valence-electron chi connectivity index (χ4n) is 4.42. The van der Waals surface area contributed by atoms with Crippen molar-refractivity contribution in [3.63, 3.8) is 0 Å². The Morgan fingerprint density at radius 2 is 1.85 bits per heavy atom. The molecule has 218 valence electrons. The number of sulfonamides is 2. The number of aromatic nitrogens is 5. The van der Waals surface area contributed by atoms with Crippen LogP contribution in [0.4, 0.5) is 18.3 Å². The number of benzene rings is 2. The Morgan fingerprint density at radius 1 is 1.15 bits per heavy atom. The molecule has 2 aromatic carbocycles. The van der Waals surface area contributed by atoms with Gasteiger partial charge in [-0.15, -0.1) is 10.2 Å². The molecule has 15 nitrogen and oxygen atoms in total. The van der Waals surface area contributed by atoms with Crippen LogP contribution in [0, 0.1) is 0 Å². The molecule has 0 saturated heterocycles. The summed E-state index contributed by atoms with van der Waals surface area (Å²) in [5.74, 6) is -2.85. The monoisotopic (exact) mass is 633 g/mol. The molecule has 2 heterocycles. The van der Waals surface area contributed by atoms with E-state index in [0.29, 0.717) is 15.8 Å². The number of hydrogen-bond acceptors (Lipinski definition) is 13. The number of tetrazole rings is 1. The van der Waals surface area contributed by atoms with Crippen LogP contribution in [0.3, 0.4) is 0 Å². The number of ether oxygens (including phenoxy) is 1. The minimum absolute atomic E-state index is 0.133. The Kier molecular flexibility index (Phi) is 6.78. The fraction of sp³-hybridized carbons (Fsp3) is 0.250. The highest BCUT2D eigenvalue weighted by Crippen LogP contribution is 2.42. The molecule has 5 rings (SSSR count). The molecule has 1 saturated carbocycles. The number of nitrogens with one attached hydrogen (secondary N) is 2. The van der Waals surface area contributed by atoms with Crippen LogP contribution in [0.5, 0.6) is 0 Å². The average Bonchev–Trinajstić information content (AvgIpc) is 3.49. The van der Waals surface area contributed by atoms with Crippen molar-refractivity contribution in [3.05, 3.63) is 30.3 Å². The number of nitrogens with zero attached hydrogens (tertiary/aromatic N) is 4. The molecular formula is C20H18F3N9O6S3. The van der Waals surface area contributed by atoms with Crippen LogP contribution in [-0.4, -0.2) is 66.4 Å². The van der Waals surface area contributed by atoms with Crippen LogP contribution in [0.2, 0.25) is 0 Å². The Labute approximate surface area is 232 Å². The van der Waals surface area contributed by atoms with Crippen LogP contribution < -0.4 is 21.3 Å². The van der Waals surface area contributed by atoms with Crippen LogP contribution in [0.25, 0.3) is 32.7 Å². The van der Waals surface area contributed by atoms with Gasteiger partial charge in [0.25, 0.3) is 0 Å². The number of alkyl halides is 3. The number of halogens is 3. The number of hydrogen-bond donors (Lipinski definition) is 5. The lowest BCUT2D eigenvalue weighted by Crippen LogP contribution is -2.63. The number of para-hydroxylation sites is 1. The molecule has 21 heteroatoms. The second-order valence-electron chi connectivity index (χ2n) is 8.98. The van der Waals surface area contributed by atoms with Crippen molar-refractivity contribution in [1.29, 1.82) is 0 Å². The van der Waals surface area contributed by atoms with Gasteiger partial charge in [0.15, 0.2) is 10.9 Å². The maximum atomic E-state index is 13.4. The standard InChI is InChI=1S/C20H18F3N9O6S3/c21-20(22,23)17(33)38-19(25)6-8(7-19)30-41(36,37)12-5-4-9(10-2-1-3-11-14(10)27-18(24)39-11)13(15(12)40(26,34)35)16-28-31-32-29-16/h1-5,8,30H,6-7,25H2,(H2,24,27)(H2,26,34,35)(H,28,29,31,32). The average molecular weight is 634 g/mol. The van der Waals surface area contributed by atoms with Gasteiger partial charge in [-0.05, 0) is 22.9 Å². The summed E-state index contributed by atoms with van der Waals surface area (Å²) in [6.45, 7) is 0. The normalized spacial score (nSPS) is 19.7. The summed E-state index contributed by atoms with van der Waals surface area (Å²) >= 11 is 1.17. The zero-order valence-electron chi connectivity index (χ0n) is 20.2. The van der Waals surface area contributed by atoms with Crippen molar-refractivity contribution in [2.24, 2.45) is 10.9 Å². The van der Waals surface area contributed by atoms with Gasteiger partial charge < -0.3 is 10.5 Å². The highest BCUT2D eigenvalue weighted by molar-refractivity contribution is 7.92. The van der Waals surface area contributed by atoms with Gasteiger partial charge in [0.2, 0.25) is 25.9 Å². The lowest BCUT2D eigenvalue weighted by atomic mass is 9.84. The number of nitrogen functional groups attached to an aromatic ring is 1. The largest absolute Gasteiger partial charge is 0.490 e. The van der Waals surface area contributed by atoms with Gasteiger partial charge in [-0.1, -0.05) is 29.5 Å². The quantitative estimate of drug-likeness (QED) is 0.138. The molecule has 1 aliphatic rings. The maximum absolute atomic E-state index is 13.4. The fourth-order valence-corrected chi connectivity index (χ4v) is 8.02. The first kappa shape index (κ1) is 28.8. The van der Waals surface area contributed by atoms with E-state index in [4.69, 9.17) is 16.6 Å². The minimum atomic E-state index is -5.30.